The minimum Gasteiger partial charge on any atom is -1.00 e. The zero-order valence-corrected chi connectivity index (χ0v) is 12.3. The first-order chi connectivity index (χ1) is 8.17. The van der Waals surface area contributed by atoms with Crippen molar-refractivity contribution in [3.63, 3.8) is 0 Å². The zero-order chi connectivity index (χ0) is 12.3. The number of hydrogen-bond donors (Lipinski definition) is 0. The summed E-state index contributed by atoms with van der Waals surface area (Å²) in [5.74, 6) is 1.52. The van der Waals surface area contributed by atoms with Crippen LogP contribution in [-0.2, 0) is 6.54 Å². The van der Waals surface area contributed by atoms with Crippen LogP contribution in [0.15, 0.2) is 35.6 Å². The highest BCUT2D eigenvalue weighted by molar-refractivity contribution is 5.51. The maximum atomic E-state index is 5.29. The molecule has 1 aromatic rings. The van der Waals surface area contributed by atoms with Gasteiger partial charge in [-0.25, -0.2) is 4.99 Å². The van der Waals surface area contributed by atoms with Crippen LogP contribution < -0.4 is 26.5 Å². The number of methoxy groups -OCH3 is 2. The molecule has 1 aliphatic heterocycles. The normalized spacial score (nSPS) is 20.6. The highest BCUT2D eigenvalue weighted by Crippen LogP contribution is 2.28. The van der Waals surface area contributed by atoms with E-state index < -0.39 is 0 Å². The Morgan fingerprint density at radius 3 is 2.44 bits per heavy atom. The van der Waals surface area contributed by atoms with Crippen LogP contribution in [0.1, 0.15) is 5.56 Å². The fourth-order valence-electron chi connectivity index (χ4n) is 1.89. The molecule has 18 heavy (non-hydrogen) atoms. The van der Waals surface area contributed by atoms with Crippen molar-refractivity contribution in [3.8, 4) is 11.5 Å². The molecule has 0 radical (unpaired) electrons. The molecular formula is C13H17BrN2O2. The van der Waals surface area contributed by atoms with Crippen LogP contribution in [0.25, 0.3) is 0 Å². The summed E-state index contributed by atoms with van der Waals surface area (Å²) < 4.78 is 11.2. The Hall–Kier alpha value is -1.33. The number of ether oxygens (including phenoxy) is 2. The first kappa shape index (κ1) is 14.7. The minimum absolute atomic E-state index is 0. The molecule has 0 bridgehead atoms. The summed E-state index contributed by atoms with van der Waals surface area (Å²) in [6.07, 6.45) is 5.79. The Kier molecular flexibility index (Phi) is 4.93. The van der Waals surface area contributed by atoms with E-state index in [1.807, 2.05) is 30.7 Å². The van der Waals surface area contributed by atoms with Crippen LogP contribution in [-0.4, -0.2) is 32.1 Å². The number of rotatable bonds is 4. The lowest BCUT2D eigenvalue weighted by Crippen LogP contribution is -3.00. The van der Waals surface area contributed by atoms with Crippen molar-refractivity contribution in [2.75, 3.05) is 21.3 Å². The molecule has 2 rings (SSSR count). The minimum atomic E-state index is 0. The van der Waals surface area contributed by atoms with Gasteiger partial charge in [0.25, 0.3) is 0 Å². The summed E-state index contributed by atoms with van der Waals surface area (Å²) in [4.78, 5) is 4.12. The van der Waals surface area contributed by atoms with Crippen molar-refractivity contribution in [1.82, 2.24) is 0 Å². The molecule has 1 aliphatic rings. The molecule has 0 N–H and O–H groups in total. The Morgan fingerprint density at radius 2 is 1.89 bits per heavy atom. The Morgan fingerprint density at radius 1 is 1.17 bits per heavy atom. The van der Waals surface area contributed by atoms with Crippen molar-refractivity contribution in [2.24, 2.45) is 4.99 Å². The molecule has 1 unspecified atom stereocenters. The molecule has 98 valence electrons. The summed E-state index contributed by atoms with van der Waals surface area (Å²) >= 11 is 0. The third kappa shape index (κ3) is 3.11. The van der Waals surface area contributed by atoms with Crippen LogP contribution >= 0.6 is 0 Å². The van der Waals surface area contributed by atoms with Crippen LogP contribution in [0.2, 0.25) is 0 Å². The van der Waals surface area contributed by atoms with Gasteiger partial charge in [-0.05, 0) is 18.2 Å². The maximum Gasteiger partial charge on any atom is 0.194 e. The van der Waals surface area contributed by atoms with Gasteiger partial charge in [0, 0.05) is 5.56 Å². The average Bonchev–Trinajstić information content (AvgIpc) is 2.75. The number of benzene rings is 1. The van der Waals surface area contributed by atoms with Gasteiger partial charge in [-0.1, -0.05) is 0 Å². The summed E-state index contributed by atoms with van der Waals surface area (Å²) in [5, 5.41) is 0. The number of hydrogen-bond acceptors (Lipinski definition) is 3. The van der Waals surface area contributed by atoms with Gasteiger partial charge < -0.3 is 26.5 Å². The molecule has 1 aromatic carbocycles. The summed E-state index contributed by atoms with van der Waals surface area (Å²) in [5.41, 5.74) is 1.18. The van der Waals surface area contributed by atoms with Gasteiger partial charge in [-0.15, -0.1) is 0 Å². The molecule has 0 amide bonds. The van der Waals surface area contributed by atoms with E-state index in [2.05, 4.69) is 18.2 Å². The second kappa shape index (κ2) is 6.02. The maximum absolute atomic E-state index is 5.29. The number of nitrogens with zero attached hydrogens (tertiary/aromatic N) is 2. The Balaban J connectivity index is 0.00000162. The molecule has 1 atom stereocenters. The molecule has 0 aromatic heterocycles. The lowest BCUT2D eigenvalue weighted by molar-refractivity contribution is -0.771. The summed E-state index contributed by atoms with van der Waals surface area (Å²) in [7, 11) is 5.39. The van der Waals surface area contributed by atoms with E-state index in [1.54, 1.807) is 14.2 Å². The first-order valence-electron chi connectivity index (χ1n) is 5.45. The van der Waals surface area contributed by atoms with Crippen LogP contribution in [0, 0.1) is 0 Å². The van der Waals surface area contributed by atoms with Gasteiger partial charge in [0.1, 0.15) is 12.7 Å². The van der Waals surface area contributed by atoms with Gasteiger partial charge in [0.15, 0.2) is 17.8 Å². The van der Waals surface area contributed by atoms with Gasteiger partial charge in [0.05, 0.1) is 27.5 Å². The second-order valence-electron chi connectivity index (χ2n) is 4.26. The number of halogens is 1. The van der Waals surface area contributed by atoms with E-state index in [1.165, 1.54) is 5.56 Å². The molecule has 0 aliphatic carbocycles. The van der Waals surface area contributed by atoms with Crippen molar-refractivity contribution in [3.05, 3.63) is 36.2 Å². The van der Waals surface area contributed by atoms with Crippen molar-refractivity contribution >= 4 is 6.34 Å². The van der Waals surface area contributed by atoms with E-state index in [-0.39, 0.29) is 17.0 Å². The number of aliphatic imine (C=N–C) groups is 1. The predicted octanol–water partition coefficient (Wildman–Crippen LogP) is -0.832. The van der Waals surface area contributed by atoms with E-state index in [0.29, 0.717) is 4.48 Å². The van der Waals surface area contributed by atoms with E-state index in [9.17, 15) is 0 Å². The largest absolute Gasteiger partial charge is 1.00 e. The summed E-state index contributed by atoms with van der Waals surface area (Å²) in [6.45, 7) is 0.848. The Bertz CT molecular complexity index is 460. The fourth-order valence-corrected chi connectivity index (χ4v) is 1.89. The highest BCUT2D eigenvalue weighted by Gasteiger charge is 2.20. The van der Waals surface area contributed by atoms with Crippen LogP contribution in [0.3, 0.4) is 0 Å². The topological polar surface area (TPSA) is 30.8 Å². The van der Waals surface area contributed by atoms with Crippen LogP contribution in [0.4, 0.5) is 0 Å². The van der Waals surface area contributed by atoms with Crippen molar-refractivity contribution in [1.29, 1.82) is 0 Å². The molecule has 0 saturated heterocycles. The Labute approximate surface area is 118 Å². The molecule has 0 saturated carbocycles. The molecular weight excluding hydrogens is 296 g/mol. The molecule has 5 heteroatoms. The predicted molar refractivity (Wildman–Crippen MR) is 67.1 cm³/mol. The smallest absolute Gasteiger partial charge is 0.194 e. The SMILES string of the molecule is COc1ccc(C[N+]2(C)C=CN=C2)cc1OC.[Br-]. The standard InChI is InChI=1S/C13H17N2O2.BrH/c1-15(7-6-14-10-15)9-11-4-5-12(16-2)13(8-11)17-3;/h4-8,10H,9H2,1-3H3;1H/q+1;/p-1. The number of quaternary nitrogens is 1. The third-order valence-corrected chi connectivity index (χ3v) is 2.79. The molecule has 0 spiro atoms. The van der Waals surface area contributed by atoms with E-state index in [0.717, 1.165) is 18.0 Å². The zero-order valence-electron chi connectivity index (χ0n) is 10.8. The fraction of sp³-hybridized carbons (Fsp3) is 0.308. The van der Waals surface area contributed by atoms with Crippen LogP contribution in [0.5, 0.6) is 11.5 Å². The van der Waals surface area contributed by atoms with Gasteiger partial charge in [-0.2, -0.15) is 0 Å². The second-order valence-corrected chi connectivity index (χ2v) is 4.26. The summed E-state index contributed by atoms with van der Waals surface area (Å²) in [6, 6.07) is 5.98. The first-order valence-corrected chi connectivity index (χ1v) is 5.45. The monoisotopic (exact) mass is 312 g/mol. The highest BCUT2D eigenvalue weighted by atomic mass is 79.9. The molecule has 4 nitrogen and oxygen atoms in total. The van der Waals surface area contributed by atoms with E-state index >= 15 is 0 Å². The van der Waals surface area contributed by atoms with Gasteiger partial charge in [-0.3, -0.25) is 4.48 Å². The quantitative estimate of drug-likeness (QED) is 0.679. The third-order valence-electron chi connectivity index (χ3n) is 2.79. The van der Waals surface area contributed by atoms with Crippen molar-refractivity contribution in [2.45, 2.75) is 6.54 Å². The average molecular weight is 313 g/mol. The lowest BCUT2D eigenvalue weighted by atomic mass is 10.2. The van der Waals surface area contributed by atoms with Gasteiger partial charge in [0.2, 0.25) is 0 Å². The van der Waals surface area contributed by atoms with E-state index in [4.69, 9.17) is 9.47 Å². The molecule has 1 heterocycles. The molecule has 0 fully saturated rings. The van der Waals surface area contributed by atoms with Gasteiger partial charge >= 0.3 is 0 Å². The lowest BCUT2D eigenvalue weighted by Gasteiger charge is -2.22. The van der Waals surface area contributed by atoms with Crippen molar-refractivity contribution < 1.29 is 30.9 Å².